The third kappa shape index (κ3) is 41.4. The van der Waals surface area contributed by atoms with Crippen LogP contribution in [0.4, 0.5) is 4.79 Å². The first kappa shape index (κ1) is 116. The fraction of sp³-hybridized carbons (Fsp3) is 0.968. The topological polar surface area (TPSA) is 89.5 Å². The highest BCUT2D eigenvalue weighted by Crippen LogP contribution is 2.59. The lowest BCUT2D eigenvalue weighted by molar-refractivity contribution is -0.147. The molecule has 132 heavy (non-hydrogen) atoms. The molecule has 27 atom stereocenters. The molecule has 0 amide bonds. The van der Waals surface area contributed by atoms with Gasteiger partial charge >= 0.3 is 12.1 Å². The van der Waals surface area contributed by atoms with Crippen molar-refractivity contribution in [3.8, 4) is 0 Å². The molecule has 7 saturated carbocycles. The number of esters is 1. The van der Waals surface area contributed by atoms with Gasteiger partial charge in [-0.05, 0) is 233 Å². The maximum atomic E-state index is 10.9. The second-order valence-corrected chi connectivity index (χ2v) is 48.1. The average Bonchev–Trinajstić information content (AvgIpc) is 1.63. The predicted molar refractivity (Wildman–Crippen MR) is 566 cm³/mol. The molecule has 12 rings (SSSR count). The van der Waals surface area contributed by atoms with Crippen LogP contribution in [0.2, 0.25) is 0 Å². The number of cyclic esters (lactones) is 1. The van der Waals surface area contributed by atoms with Crippen LogP contribution < -0.4 is 0 Å². The molecule has 4 saturated heterocycles. The molecule has 0 radical (unpaired) electrons. The van der Waals surface area contributed by atoms with Gasteiger partial charge in [0.05, 0.1) is 18.8 Å². The third-order valence-corrected chi connectivity index (χ3v) is 38.0. The zero-order valence-corrected chi connectivity index (χ0v) is 90.8. The molecule has 0 aromatic heterocycles. The predicted octanol–water partition coefficient (Wildman–Crippen LogP) is 38.8. The van der Waals surface area contributed by atoms with Gasteiger partial charge in [0.1, 0.15) is 12.2 Å². The Labute approximate surface area is 822 Å². The summed E-state index contributed by atoms with van der Waals surface area (Å²) in [5.41, 5.74) is 1.93. The smallest absolute Gasteiger partial charge is 0.459 e. The summed E-state index contributed by atoms with van der Waals surface area (Å²) >= 11 is 0. The maximum Gasteiger partial charge on any atom is 0.509 e. The van der Waals surface area contributed by atoms with E-state index >= 15 is 0 Å². The minimum absolute atomic E-state index is 0.225. The highest BCUT2D eigenvalue weighted by Gasteiger charge is 2.55. The summed E-state index contributed by atoms with van der Waals surface area (Å²) in [7, 11) is 0. The van der Waals surface area contributed by atoms with Crippen molar-refractivity contribution in [2.75, 3.05) is 19.8 Å². The molecular weight excluding hydrogens is 1620 g/mol. The average molecular weight is 1850 g/mol. The molecule has 0 spiro atoms. The van der Waals surface area contributed by atoms with E-state index in [9.17, 15) is 9.59 Å². The molecule has 26 unspecified atom stereocenters. The summed E-state index contributed by atoms with van der Waals surface area (Å²) in [5.74, 6) is 19.7. The van der Waals surface area contributed by atoms with Crippen LogP contribution in [0.1, 0.15) is 585 Å². The summed E-state index contributed by atoms with van der Waals surface area (Å²) in [6.45, 7) is 36.4. The van der Waals surface area contributed by atoms with Crippen LogP contribution in [0.5, 0.6) is 0 Å². The number of rotatable bonds is 62. The van der Waals surface area contributed by atoms with Gasteiger partial charge in [-0.3, -0.25) is 4.79 Å². The van der Waals surface area contributed by atoms with Crippen molar-refractivity contribution in [1.82, 2.24) is 0 Å². The van der Waals surface area contributed by atoms with E-state index in [1.165, 1.54) is 443 Å². The summed E-state index contributed by atoms with van der Waals surface area (Å²) < 4.78 is 34.1. The Morgan fingerprint density at radius 2 is 0.712 bits per heavy atom. The Hall–Kier alpha value is -1.64. The van der Waals surface area contributed by atoms with Crippen molar-refractivity contribution in [2.45, 2.75) is 622 Å². The van der Waals surface area contributed by atoms with Crippen LogP contribution in [-0.4, -0.2) is 68.6 Å². The maximum absolute atomic E-state index is 10.9. The van der Waals surface area contributed by atoms with Crippen molar-refractivity contribution in [1.29, 1.82) is 0 Å². The normalized spacial score (nSPS) is 32.7. The number of hydrogen-bond acceptors (Lipinski definition) is 8. The van der Waals surface area contributed by atoms with Gasteiger partial charge in [0.25, 0.3) is 0 Å². The number of carbonyl (C=O) groups excluding carboxylic acids is 2. The van der Waals surface area contributed by atoms with Crippen LogP contribution in [0.25, 0.3) is 0 Å². The van der Waals surface area contributed by atoms with Gasteiger partial charge in [0.2, 0.25) is 0 Å². The molecule has 2 bridgehead atoms. The van der Waals surface area contributed by atoms with Gasteiger partial charge in [0, 0.05) is 19.6 Å². The first-order valence-electron chi connectivity index (χ1n) is 61.2. The third-order valence-electron chi connectivity index (χ3n) is 38.0. The number of unbranched alkanes of at least 4 members (excludes halogenated alkanes) is 46. The summed E-state index contributed by atoms with van der Waals surface area (Å²) in [6.07, 6.45) is 111. The number of hydrogen-bond donors (Lipinski definition) is 0. The molecule has 4 aliphatic heterocycles. The molecule has 8 heteroatoms. The van der Waals surface area contributed by atoms with E-state index in [1.807, 2.05) is 5.57 Å². The van der Waals surface area contributed by atoms with E-state index in [4.69, 9.17) is 28.4 Å². The van der Waals surface area contributed by atoms with Crippen LogP contribution in [-0.2, 0) is 33.2 Å². The van der Waals surface area contributed by atoms with Crippen LogP contribution in [0.15, 0.2) is 11.6 Å². The van der Waals surface area contributed by atoms with E-state index in [1.54, 1.807) is 32.1 Å². The van der Waals surface area contributed by atoms with E-state index in [0.29, 0.717) is 31.7 Å². The highest BCUT2D eigenvalue weighted by molar-refractivity contribution is 5.71. The summed E-state index contributed by atoms with van der Waals surface area (Å²) in [6, 6.07) is 0. The lowest BCUT2D eigenvalue weighted by Gasteiger charge is -2.42. The molecule has 8 aliphatic carbocycles. The molecule has 772 valence electrons. The van der Waals surface area contributed by atoms with Crippen molar-refractivity contribution in [3.63, 3.8) is 0 Å². The first-order chi connectivity index (χ1) is 64.6. The second kappa shape index (κ2) is 70.1. The van der Waals surface area contributed by atoms with Gasteiger partial charge in [-0.25, -0.2) is 4.79 Å². The van der Waals surface area contributed by atoms with Gasteiger partial charge in [0.15, 0.2) is 12.2 Å². The minimum Gasteiger partial charge on any atom is -0.459 e. The number of carbonyl (C=O) groups is 2. The van der Waals surface area contributed by atoms with E-state index in [0.717, 1.165) is 137 Å². The van der Waals surface area contributed by atoms with Crippen molar-refractivity contribution >= 4 is 12.1 Å². The molecule has 8 nitrogen and oxygen atoms in total. The van der Waals surface area contributed by atoms with E-state index < -0.39 is 12.3 Å². The van der Waals surface area contributed by atoms with E-state index in [2.05, 4.69) is 103 Å². The van der Waals surface area contributed by atoms with Gasteiger partial charge in [-0.15, -0.1) is 0 Å². The second-order valence-electron chi connectivity index (χ2n) is 48.1. The van der Waals surface area contributed by atoms with Crippen LogP contribution in [0.3, 0.4) is 0 Å². The number of ether oxygens (including phenoxy) is 6. The van der Waals surface area contributed by atoms with Gasteiger partial charge in [-0.1, -0.05) is 481 Å². The van der Waals surface area contributed by atoms with Crippen LogP contribution in [0, 0.1) is 124 Å². The zero-order chi connectivity index (χ0) is 94.1. The Kier molecular flexibility index (Phi) is 61.4. The minimum atomic E-state index is -0.664. The SMILES string of the molecule is CCCCCCCCC.CCCCCCCCCCC(C)C1=CCC2CC3C(C)CCC3[C@@H](CCCCCCCCCC)CC12.CCCCCCCCCCC1CC2C(C)CCC2C(COCCCCCCCC)CC2C(C)CCC12.CCCCCCCCCCC1CC2CCC(C(CCCCCCCCCC)OC3C(C)CCC13)C2C.O=C1CCC(C2OCC3OC(=O)OC32)O1. The van der Waals surface area contributed by atoms with Crippen molar-refractivity contribution in [2.24, 2.45) is 124 Å². The first-order valence-corrected chi connectivity index (χ1v) is 61.2. The number of fused-ring (bicyclic) bond motifs is 8. The quantitative estimate of drug-likeness (QED) is 0.0338. The molecule has 0 aromatic rings. The zero-order valence-electron chi connectivity index (χ0n) is 90.8. The Balaban J connectivity index is 0.000000216. The molecule has 11 fully saturated rings. The Bertz CT molecular complexity index is 2730. The van der Waals surface area contributed by atoms with Gasteiger partial charge < -0.3 is 28.4 Å². The fourth-order valence-corrected chi connectivity index (χ4v) is 29.6. The summed E-state index contributed by atoms with van der Waals surface area (Å²) in [4.78, 5) is 21.8. The van der Waals surface area contributed by atoms with Crippen molar-refractivity contribution < 1.29 is 38.0 Å². The number of allylic oxidation sites excluding steroid dienone is 2. The lowest BCUT2D eigenvalue weighted by Crippen LogP contribution is -2.37. The molecule has 0 N–H and O–H groups in total. The highest BCUT2D eigenvalue weighted by atomic mass is 16.8. The fourth-order valence-electron chi connectivity index (χ4n) is 29.6. The standard InChI is InChI=1S/C36H66.2C35H66O.C9H10O6.C9H20/c1-5-7-9-11-13-15-17-19-21-29(3)33-26-24-32-27-35-30(4)23-25-34(35)31(28-36(32)33)22-20-18-16-14-12-10-8-6-2;1-5-7-9-11-13-14-15-17-19-30-25-34-28(3)21-23-33(34)31(26-35-29(4)20-22-32(30)35)27-36-24-18-16-12-10-8-6-2;1-5-7-9-11-13-15-17-19-21-31-27-30-24-26-32(29(30)4)34(36-35-28(3)23-25-33(31)35)22-20-18-16-14-12-10-8-6-2;10-6-2-1-4(13-6)7-8-5(3-12-7)14-9(11)15-8;1-3-5-7-9-8-6-4-2/h26,29-32,34-36H,5-25,27-28H2,1-4H3;2*28-35H,5-27H2,1-4H3;4-5,7-8H,1-3H2;3-9H2,1-2H3/t29?,30?,31-,32?,34?,35?,36?;;;;/m0..../s1. The molecule has 0 aromatic carbocycles. The Morgan fingerprint density at radius 1 is 0.326 bits per heavy atom. The van der Waals surface area contributed by atoms with E-state index in [-0.39, 0.29) is 24.3 Å². The molecular formula is C124H228O8. The Morgan fingerprint density at radius 3 is 1.17 bits per heavy atom. The van der Waals surface area contributed by atoms with Crippen LogP contribution >= 0.6 is 0 Å². The monoisotopic (exact) mass is 1850 g/mol. The van der Waals surface area contributed by atoms with Crippen molar-refractivity contribution in [3.05, 3.63) is 11.6 Å². The summed E-state index contributed by atoms with van der Waals surface area (Å²) in [5, 5.41) is 0. The lowest BCUT2D eigenvalue weighted by atomic mass is 9.64. The molecule has 12 aliphatic rings. The molecule has 4 heterocycles. The van der Waals surface area contributed by atoms with Gasteiger partial charge in [-0.2, -0.15) is 0 Å². The largest absolute Gasteiger partial charge is 0.509 e.